The van der Waals surface area contributed by atoms with Gasteiger partial charge in [-0.2, -0.15) is 9.61 Å². The molecule has 1 saturated carbocycles. The van der Waals surface area contributed by atoms with Crippen LogP contribution in [0.1, 0.15) is 36.8 Å². The number of alkyl halides is 1. The number of halogens is 3. The third-order valence-corrected chi connectivity index (χ3v) is 9.27. The van der Waals surface area contributed by atoms with Gasteiger partial charge >= 0.3 is 0 Å². The number of aromatic nitrogens is 4. The minimum atomic E-state index is -3.14. The Labute approximate surface area is 252 Å². The van der Waals surface area contributed by atoms with Gasteiger partial charge in [0.05, 0.1) is 66.5 Å². The highest BCUT2D eigenvalue weighted by Gasteiger charge is 2.42. The van der Waals surface area contributed by atoms with Crippen molar-refractivity contribution in [3.63, 3.8) is 0 Å². The average molecular weight is 631 g/mol. The van der Waals surface area contributed by atoms with Crippen LogP contribution in [0.3, 0.4) is 0 Å². The van der Waals surface area contributed by atoms with Crippen LogP contribution in [-0.2, 0) is 25.0 Å². The van der Waals surface area contributed by atoms with Gasteiger partial charge in [-0.15, -0.1) is 0 Å². The van der Waals surface area contributed by atoms with Gasteiger partial charge in [-0.1, -0.05) is 6.92 Å². The van der Waals surface area contributed by atoms with Crippen LogP contribution in [0.5, 0.6) is 0 Å². The van der Waals surface area contributed by atoms with Crippen LogP contribution in [0.4, 0.5) is 24.8 Å². The number of benzene rings is 1. The molecule has 4 aromatic rings. The Morgan fingerprint density at radius 1 is 1.16 bits per heavy atom. The fourth-order valence-corrected chi connectivity index (χ4v) is 6.45. The number of nitrogens with one attached hydrogen (secondary N) is 1. The summed E-state index contributed by atoms with van der Waals surface area (Å²) in [5, 5.41) is 7.74. The zero-order valence-electron chi connectivity index (χ0n) is 24.2. The maximum Gasteiger partial charge on any atom is 0.229 e. The number of ether oxygens (including phenoxy) is 2. The first-order chi connectivity index (χ1) is 20.9. The summed E-state index contributed by atoms with van der Waals surface area (Å²) in [5.74, 6) is -1.49. The number of hydrogen-bond donors (Lipinski definition) is 2. The Kier molecular flexibility index (Phi) is 8.11. The normalized spacial score (nSPS) is 23.4. The van der Waals surface area contributed by atoms with E-state index < -0.39 is 27.1 Å². The van der Waals surface area contributed by atoms with Crippen LogP contribution in [0.25, 0.3) is 16.8 Å². The van der Waals surface area contributed by atoms with Gasteiger partial charge in [0.25, 0.3) is 0 Å². The third-order valence-electron chi connectivity index (χ3n) is 8.36. The summed E-state index contributed by atoms with van der Waals surface area (Å²) >= 11 is 0. The Balaban J connectivity index is 1.24. The molecule has 4 heterocycles. The van der Waals surface area contributed by atoms with Gasteiger partial charge in [-0.3, -0.25) is 4.98 Å². The molecule has 6 rings (SSSR count). The molecule has 3 N–H and O–H groups in total. The van der Waals surface area contributed by atoms with Gasteiger partial charge in [0.2, 0.25) is 5.95 Å². The number of nitrogens with zero attached hydrogens (tertiary/aromatic N) is 4. The molecular formula is C30H33F3N6O4S. The van der Waals surface area contributed by atoms with E-state index in [0.717, 1.165) is 24.1 Å². The van der Waals surface area contributed by atoms with Crippen molar-refractivity contribution in [1.82, 2.24) is 19.6 Å². The number of pyridine rings is 1. The molecule has 1 aliphatic heterocycles. The van der Waals surface area contributed by atoms with E-state index in [1.54, 1.807) is 24.7 Å². The molecule has 2 aliphatic rings. The number of nitrogens with two attached hydrogens (primary N) is 1. The van der Waals surface area contributed by atoms with Crippen molar-refractivity contribution in [3.05, 3.63) is 71.7 Å². The lowest BCUT2D eigenvalue weighted by atomic mass is 9.74. The minimum Gasteiger partial charge on any atom is -0.375 e. The standard InChI is InChI=1S/C30H33F3N6O4S/c1-17-9-18(10-24(34)28(17)43-7-8-44(2,40)41)21-5-6-35-14-26(21)37-29-36-13-20-3-4-25(38-39(20)29)27-22(31)11-19(12-23(27)32)30(33)15-42-16-30/h3-6,11-14,17-18,24,28H,7-10,15-16,34H2,1-2H3,(H,36,37)/t17-,18+,24+,28-/m0/s1. The van der Waals surface area contributed by atoms with Crippen LogP contribution in [0.15, 0.2) is 48.9 Å². The van der Waals surface area contributed by atoms with Gasteiger partial charge in [0.1, 0.15) is 21.5 Å². The summed E-state index contributed by atoms with van der Waals surface area (Å²) in [7, 11) is -3.14. The lowest BCUT2D eigenvalue weighted by Gasteiger charge is -2.39. The Morgan fingerprint density at radius 2 is 1.91 bits per heavy atom. The SMILES string of the molecule is C[C@H]1C[C@@H](c2ccncc2Nc2ncc3ccc(-c4c(F)cc(C5(F)COC5)cc4F)nn23)C[C@@H](N)[C@H]1OCCS(C)(=O)=O. The van der Waals surface area contributed by atoms with Crippen molar-refractivity contribution in [2.45, 2.75) is 43.5 Å². The van der Waals surface area contributed by atoms with Crippen molar-refractivity contribution in [2.24, 2.45) is 11.7 Å². The minimum absolute atomic E-state index is 0.0123. The molecular weight excluding hydrogens is 597 g/mol. The molecule has 1 aliphatic carbocycles. The Hall–Kier alpha value is -3.59. The van der Waals surface area contributed by atoms with Crippen LogP contribution >= 0.6 is 0 Å². The van der Waals surface area contributed by atoms with Gasteiger partial charge in [0, 0.05) is 18.5 Å². The number of sulfone groups is 1. The van der Waals surface area contributed by atoms with E-state index in [9.17, 15) is 12.8 Å². The molecule has 14 heteroatoms. The number of hydrogen-bond acceptors (Lipinski definition) is 9. The topological polar surface area (TPSA) is 134 Å². The third kappa shape index (κ3) is 6.03. The summed E-state index contributed by atoms with van der Waals surface area (Å²) in [4.78, 5) is 8.71. The molecule has 44 heavy (non-hydrogen) atoms. The van der Waals surface area contributed by atoms with Gasteiger partial charge < -0.3 is 20.5 Å². The molecule has 0 bridgehead atoms. The second-order valence-electron chi connectivity index (χ2n) is 11.8. The maximum absolute atomic E-state index is 15.1. The first kappa shape index (κ1) is 30.4. The lowest BCUT2D eigenvalue weighted by Crippen LogP contribution is -2.47. The van der Waals surface area contributed by atoms with E-state index in [4.69, 9.17) is 15.2 Å². The highest BCUT2D eigenvalue weighted by atomic mass is 32.2. The van der Waals surface area contributed by atoms with E-state index in [-0.39, 0.29) is 66.4 Å². The molecule has 0 spiro atoms. The fraction of sp³-hybridized carbons (Fsp3) is 0.433. The predicted octanol–water partition coefficient (Wildman–Crippen LogP) is 4.28. The molecule has 3 aromatic heterocycles. The molecule has 0 radical (unpaired) electrons. The molecule has 10 nitrogen and oxygen atoms in total. The molecule has 4 atom stereocenters. The molecule has 1 aromatic carbocycles. The van der Waals surface area contributed by atoms with Crippen LogP contribution < -0.4 is 11.1 Å². The second-order valence-corrected chi connectivity index (χ2v) is 14.0. The zero-order chi connectivity index (χ0) is 31.2. The van der Waals surface area contributed by atoms with Crippen LogP contribution in [-0.4, -0.2) is 72.0 Å². The van der Waals surface area contributed by atoms with E-state index in [0.29, 0.717) is 23.6 Å². The van der Waals surface area contributed by atoms with Gasteiger partial charge in [0.15, 0.2) is 5.67 Å². The Morgan fingerprint density at radius 3 is 2.57 bits per heavy atom. The van der Waals surface area contributed by atoms with Crippen LogP contribution in [0, 0.1) is 17.6 Å². The fourth-order valence-electron chi connectivity index (χ4n) is 6.05. The number of imidazole rings is 1. The van der Waals surface area contributed by atoms with Crippen molar-refractivity contribution in [3.8, 4) is 11.3 Å². The van der Waals surface area contributed by atoms with E-state index in [1.807, 2.05) is 13.0 Å². The highest BCUT2D eigenvalue weighted by Crippen LogP contribution is 2.41. The quantitative estimate of drug-likeness (QED) is 0.278. The summed E-state index contributed by atoms with van der Waals surface area (Å²) in [6.45, 7) is 1.64. The van der Waals surface area contributed by atoms with Crippen molar-refractivity contribution in [2.75, 3.05) is 37.1 Å². The summed E-state index contributed by atoms with van der Waals surface area (Å²) in [6, 6.07) is 6.69. The molecule has 234 valence electrons. The monoisotopic (exact) mass is 630 g/mol. The summed E-state index contributed by atoms with van der Waals surface area (Å²) in [6.07, 6.45) is 7.20. The first-order valence-corrected chi connectivity index (χ1v) is 16.3. The van der Waals surface area contributed by atoms with Crippen molar-refractivity contribution < 1.29 is 31.1 Å². The van der Waals surface area contributed by atoms with Crippen molar-refractivity contribution >= 4 is 27.0 Å². The first-order valence-electron chi connectivity index (χ1n) is 14.3. The largest absolute Gasteiger partial charge is 0.375 e. The number of fused-ring (bicyclic) bond motifs is 1. The number of rotatable bonds is 9. The zero-order valence-corrected chi connectivity index (χ0v) is 25.0. The second kappa shape index (κ2) is 11.7. The van der Waals surface area contributed by atoms with E-state index in [1.165, 1.54) is 16.8 Å². The average Bonchev–Trinajstić information content (AvgIpc) is 3.34. The maximum atomic E-state index is 15.1. The Bertz CT molecular complexity index is 1760. The van der Waals surface area contributed by atoms with E-state index >= 15 is 8.78 Å². The lowest BCUT2D eigenvalue weighted by molar-refractivity contribution is -0.135. The van der Waals surface area contributed by atoms with Gasteiger partial charge in [-0.05, 0) is 66.1 Å². The van der Waals surface area contributed by atoms with Crippen LogP contribution in [0.2, 0.25) is 0 Å². The molecule has 0 amide bonds. The highest BCUT2D eigenvalue weighted by molar-refractivity contribution is 7.90. The van der Waals surface area contributed by atoms with Crippen molar-refractivity contribution in [1.29, 1.82) is 0 Å². The smallest absolute Gasteiger partial charge is 0.229 e. The van der Waals surface area contributed by atoms with Gasteiger partial charge in [-0.25, -0.2) is 26.6 Å². The molecule has 1 saturated heterocycles. The summed E-state index contributed by atoms with van der Waals surface area (Å²) < 4.78 is 80.3. The molecule has 0 unspecified atom stereocenters. The predicted molar refractivity (Wildman–Crippen MR) is 158 cm³/mol. The molecule has 2 fully saturated rings. The van der Waals surface area contributed by atoms with E-state index in [2.05, 4.69) is 20.4 Å². The summed E-state index contributed by atoms with van der Waals surface area (Å²) in [5.41, 5.74) is 6.35. The number of anilines is 2.